The largest absolute Gasteiger partial charge is 0.480 e. The van der Waals surface area contributed by atoms with Crippen molar-refractivity contribution in [1.29, 1.82) is 0 Å². The van der Waals surface area contributed by atoms with Gasteiger partial charge in [-0.1, -0.05) is 0 Å². The van der Waals surface area contributed by atoms with Gasteiger partial charge >= 0.3 is 12.0 Å². The van der Waals surface area contributed by atoms with Gasteiger partial charge in [0.1, 0.15) is 12.6 Å². The Labute approximate surface area is 109 Å². The molecule has 1 rings (SSSR count). The van der Waals surface area contributed by atoms with Crippen LogP contribution < -0.4 is 5.32 Å². The van der Waals surface area contributed by atoms with Crippen LogP contribution in [0, 0.1) is 0 Å². The summed E-state index contributed by atoms with van der Waals surface area (Å²) in [5.74, 6) is -1.67. The molecule has 0 radical (unpaired) electrons. The molecule has 0 aromatic rings. The van der Waals surface area contributed by atoms with Gasteiger partial charge in [-0.05, 0) is 0 Å². The molecule has 1 aliphatic rings. The lowest BCUT2D eigenvalue weighted by Gasteiger charge is -2.36. The van der Waals surface area contributed by atoms with Crippen molar-refractivity contribution in [2.45, 2.75) is 6.04 Å². The highest BCUT2D eigenvalue weighted by Gasteiger charge is 2.37. The van der Waals surface area contributed by atoms with Gasteiger partial charge < -0.3 is 25.5 Å². The molecule has 1 atom stereocenters. The van der Waals surface area contributed by atoms with Gasteiger partial charge in [-0.2, -0.15) is 0 Å². The molecular weight excluding hydrogens is 258 g/mol. The molecule has 0 aromatic heterocycles. The van der Waals surface area contributed by atoms with E-state index in [0.29, 0.717) is 0 Å². The fraction of sp³-hybridized carbons (Fsp3) is 0.700. The summed E-state index contributed by atoms with van der Waals surface area (Å²) in [4.78, 5) is 36.5. The van der Waals surface area contributed by atoms with Crippen LogP contribution in [0.2, 0.25) is 0 Å². The normalized spacial score (nSPS) is 18.9. The lowest BCUT2D eigenvalue weighted by Crippen LogP contribution is -2.62. The summed E-state index contributed by atoms with van der Waals surface area (Å²) in [5.41, 5.74) is 0. The second-order valence-electron chi connectivity index (χ2n) is 4.00. The van der Waals surface area contributed by atoms with E-state index in [9.17, 15) is 14.4 Å². The Morgan fingerprint density at radius 3 is 2.37 bits per heavy atom. The Bertz CT molecular complexity index is 355. The predicted molar refractivity (Wildman–Crippen MR) is 62.3 cm³/mol. The molecule has 0 aliphatic carbocycles. The average Bonchev–Trinajstić information content (AvgIpc) is 2.37. The predicted octanol–water partition coefficient (Wildman–Crippen LogP) is -2.72. The third-order valence-electron chi connectivity index (χ3n) is 2.72. The van der Waals surface area contributed by atoms with Crippen molar-refractivity contribution in [3.05, 3.63) is 0 Å². The van der Waals surface area contributed by atoms with Crippen LogP contribution in [0.1, 0.15) is 0 Å². The molecule has 9 heteroatoms. The number of aliphatic hydroxyl groups is 2. The van der Waals surface area contributed by atoms with Crippen molar-refractivity contribution < 1.29 is 29.7 Å². The molecular formula is C10H17N3O6. The van der Waals surface area contributed by atoms with Crippen LogP contribution in [0.15, 0.2) is 0 Å². The minimum absolute atomic E-state index is 0.0378. The molecule has 19 heavy (non-hydrogen) atoms. The number of aliphatic hydroxyl groups excluding tert-OH is 2. The molecule has 1 unspecified atom stereocenters. The van der Waals surface area contributed by atoms with Crippen LogP contribution in [0.5, 0.6) is 0 Å². The first-order chi connectivity index (χ1) is 9.01. The number of carbonyl (C=O) groups is 3. The van der Waals surface area contributed by atoms with Gasteiger partial charge in [0.05, 0.1) is 13.2 Å². The van der Waals surface area contributed by atoms with Crippen molar-refractivity contribution >= 4 is 17.9 Å². The minimum Gasteiger partial charge on any atom is -0.480 e. The highest BCUT2D eigenvalue weighted by Crippen LogP contribution is 2.08. The van der Waals surface area contributed by atoms with E-state index in [-0.39, 0.29) is 39.4 Å². The van der Waals surface area contributed by atoms with E-state index >= 15 is 0 Å². The van der Waals surface area contributed by atoms with Crippen LogP contribution in [-0.4, -0.2) is 88.5 Å². The maximum Gasteiger partial charge on any atom is 0.328 e. The molecule has 9 nitrogen and oxygen atoms in total. The van der Waals surface area contributed by atoms with E-state index in [2.05, 4.69) is 5.32 Å². The molecule has 1 heterocycles. The van der Waals surface area contributed by atoms with Gasteiger partial charge in [-0.3, -0.25) is 9.69 Å². The monoisotopic (exact) mass is 275 g/mol. The summed E-state index contributed by atoms with van der Waals surface area (Å²) in [6, 6.07) is -1.84. The third-order valence-corrected chi connectivity index (χ3v) is 2.72. The number of nitrogens with one attached hydrogen (secondary N) is 1. The number of nitrogens with zero attached hydrogens (tertiary/aromatic N) is 2. The zero-order chi connectivity index (χ0) is 14.4. The lowest BCUT2D eigenvalue weighted by atomic mass is 10.2. The maximum atomic E-state index is 12.1. The third kappa shape index (κ3) is 3.80. The molecule has 3 amide bonds. The summed E-state index contributed by atoms with van der Waals surface area (Å²) < 4.78 is 0. The summed E-state index contributed by atoms with van der Waals surface area (Å²) in [5, 5.41) is 29.1. The fourth-order valence-electron chi connectivity index (χ4n) is 1.79. The Morgan fingerprint density at radius 2 is 1.89 bits per heavy atom. The van der Waals surface area contributed by atoms with Crippen molar-refractivity contribution in [2.75, 3.05) is 39.4 Å². The SMILES string of the molecule is O=C1CN(C(=O)N(CCO)CCO)C(C(=O)O)CN1. The summed E-state index contributed by atoms with van der Waals surface area (Å²) >= 11 is 0. The molecule has 0 spiro atoms. The second kappa shape index (κ2) is 6.90. The topological polar surface area (TPSA) is 130 Å². The number of hydrogen-bond acceptors (Lipinski definition) is 5. The Balaban J connectivity index is 2.84. The Kier molecular flexibility index (Phi) is 5.52. The highest BCUT2D eigenvalue weighted by atomic mass is 16.4. The minimum atomic E-state index is -1.22. The van der Waals surface area contributed by atoms with Crippen LogP contribution in [0.4, 0.5) is 4.79 Å². The highest BCUT2D eigenvalue weighted by molar-refractivity contribution is 5.90. The smallest absolute Gasteiger partial charge is 0.328 e. The molecule has 1 aliphatic heterocycles. The van der Waals surface area contributed by atoms with Gasteiger partial charge in [0, 0.05) is 19.6 Å². The van der Waals surface area contributed by atoms with E-state index in [1.54, 1.807) is 0 Å². The van der Waals surface area contributed by atoms with E-state index in [0.717, 1.165) is 9.80 Å². The summed E-state index contributed by atoms with van der Waals surface area (Å²) in [7, 11) is 0. The van der Waals surface area contributed by atoms with Crippen LogP contribution in [0.3, 0.4) is 0 Å². The molecule has 1 fully saturated rings. The molecule has 1 saturated heterocycles. The number of carboxylic acid groups (broad SMARTS) is 1. The summed E-state index contributed by atoms with van der Waals surface area (Å²) in [6.07, 6.45) is 0. The standard InChI is InChI=1S/C10H17N3O6/c14-3-1-12(2-4-15)10(19)13-6-8(16)11-5-7(13)9(17)18/h7,14-15H,1-6H2,(H,11,16)(H,17,18). The van der Waals surface area contributed by atoms with Crippen LogP contribution in [-0.2, 0) is 9.59 Å². The van der Waals surface area contributed by atoms with Crippen molar-refractivity contribution in [3.63, 3.8) is 0 Å². The molecule has 0 saturated carbocycles. The number of carboxylic acids is 1. The van der Waals surface area contributed by atoms with Gasteiger partial charge in [0.2, 0.25) is 5.91 Å². The van der Waals surface area contributed by atoms with Gasteiger partial charge in [-0.15, -0.1) is 0 Å². The molecule has 4 N–H and O–H groups in total. The van der Waals surface area contributed by atoms with Gasteiger partial charge in [-0.25, -0.2) is 9.59 Å². The van der Waals surface area contributed by atoms with Gasteiger partial charge in [0.25, 0.3) is 0 Å². The van der Waals surface area contributed by atoms with E-state index in [4.69, 9.17) is 15.3 Å². The van der Waals surface area contributed by atoms with Crippen molar-refractivity contribution in [3.8, 4) is 0 Å². The van der Waals surface area contributed by atoms with Gasteiger partial charge in [0.15, 0.2) is 0 Å². The molecule has 0 bridgehead atoms. The number of amides is 3. The number of hydrogen-bond donors (Lipinski definition) is 4. The number of urea groups is 1. The zero-order valence-corrected chi connectivity index (χ0v) is 10.3. The van der Waals surface area contributed by atoms with Crippen molar-refractivity contribution in [1.82, 2.24) is 15.1 Å². The van der Waals surface area contributed by atoms with Crippen molar-refractivity contribution in [2.24, 2.45) is 0 Å². The van der Waals surface area contributed by atoms with E-state index in [1.807, 2.05) is 0 Å². The Hall–Kier alpha value is -1.87. The van der Waals surface area contributed by atoms with Crippen LogP contribution in [0.25, 0.3) is 0 Å². The maximum absolute atomic E-state index is 12.1. The first-order valence-corrected chi connectivity index (χ1v) is 5.78. The quantitative estimate of drug-likeness (QED) is 0.431. The first-order valence-electron chi connectivity index (χ1n) is 5.78. The van der Waals surface area contributed by atoms with Crippen LogP contribution >= 0.6 is 0 Å². The van der Waals surface area contributed by atoms with E-state index in [1.165, 1.54) is 0 Å². The number of piperazine rings is 1. The Morgan fingerprint density at radius 1 is 1.32 bits per heavy atom. The molecule has 108 valence electrons. The number of aliphatic carboxylic acids is 1. The average molecular weight is 275 g/mol. The first kappa shape index (κ1) is 15.2. The number of rotatable bonds is 5. The summed E-state index contributed by atoms with van der Waals surface area (Å²) in [6.45, 7) is -1.23. The zero-order valence-electron chi connectivity index (χ0n) is 10.3. The van der Waals surface area contributed by atoms with E-state index < -0.39 is 23.9 Å². The molecule has 0 aromatic carbocycles. The fourth-order valence-corrected chi connectivity index (χ4v) is 1.79. The lowest BCUT2D eigenvalue weighted by molar-refractivity contribution is -0.144. The second-order valence-corrected chi connectivity index (χ2v) is 4.00. The number of carbonyl (C=O) groups excluding carboxylic acids is 2.